The van der Waals surface area contributed by atoms with E-state index in [9.17, 15) is 4.79 Å². The van der Waals surface area contributed by atoms with Crippen LogP contribution in [0, 0.1) is 6.92 Å². The summed E-state index contributed by atoms with van der Waals surface area (Å²) in [5.74, 6) is 0.416. The number of hydrogen-bond donors (Lipinski definition) is 1. The molecule has 0 radical (unpaired) electrons. The average Bonchev–Trinajstić information content (AvgIpc) is 3.06. The SMILES string of the molecule is Cc1nc(-c2cncnc2)ccc1Nc1ncc2c(n1)n(C1CCOCC1)c(=O)n2C. The van der Waals surface area contributed by atoms with Gasteiger partial charge in [-0.05, 0) is 31.9 Å². The fraction of sp³-hybridized carbons (Fsp3) is 0.333. The molecule has 158 valence electrons. The van der Waals surface area contributed by atoms with Crippen LogP contribution in [-0.2, 0) is 11.8 Å². The number of pyridine rings is 1. The Balaban J connectivity index is 1.49. The number of aryl methyl sites for hydroxylation is 2. The molecule has 0 atom stereocenters. The third-order valence-corrected chi connectivity index (χ3v) is 5.58. The number of aromatic nitrogens is 7. The lowest BCUT2D eigenvalue weighted by atomic mass is 10.1. The number of ether oxygens (including phenoxy) is 1. The molecule has 0 saturated carbocycles. The molecule has 0 spiro atoms. The van der Waals surface area contributed by atoms with Crippen molar-refractivity contribution in [3.8, 4) is 11.3 Å². The molecule has 1 N–H and O–H groups in total. The van der Waals surface area contributed by atoms with Crippen molar-refractivity contribution < 1.29 is 4.74 Å². The molecule has 4 aromatic rings. The minimum atomic E-state index is -0.0827. The third-order valence-electron chi connectivity index (χ3n) is 5.58. The maximum Gasteiger partial charge on any atom is 0.330 e. The van der Waals surface area contributed by atoms with Gasteiger partial charge in [0.2, 0.25) is 5.95 Å². The second-order valence-corrected chi connectivity index (χ2v) is 7.54. The topological polar surface area (TPSA) is 113 Å². The molecule has 0 unspecified atom stereocenters. The molecule has 10 nitrogen and oxygen atoms in total. The summed E-state index contributed by atoms with van der Waals surface area (Å²) in [5.41, 5.74) is 4.46. The highest BCUT2D eigenvalue weighted by Crippen LogP contribution is 2.25. The van der Waals surface area contributed by atoms with Gasteiger partial charge in [0.15, 0.2) is 5.65 Å². The molecule has 5 heterocycles. The van der Waals surface area contributed by atoms with Gasteiger partial charge < -0.3 is 10.1 Å². The smallest absolute Gasteiger partial charge is 0.330 e. The van der Waals surface area contributed by atoms with E-state index >= 15 is 0 Å². The fourth-order valence-corrected chi connectivity index (χ4v) is 3.87. The highest BCUT2D eigenvalue weighted by atomic mass is 16.5. The van der Waals surface area contributed by atoms with Crippen molar-refractivity contribution in [2.45, 2.75) is 25.8 Å². The number of rotatable bonds is 4. The first kappa shape index (κ1) is 19.3. The maximum absolute atomic E-state index is 12.9. The maximum atomic E-state index is 12.9. The Morgan fingerprint density at radius 1 is 1.10 bits per heavy atom. The standard InChI is InChI=1S/C21H22N8O2/c1-13-16(3-4-17(25-13)14-9-22-12-23-10-14)26-20-24-11-18-19(27-20)29(21(30)28(18)2)15-5-7-31-8-6-15/h3-4,9-12,15H,5-8H2,1-2H3,(H,24,26,27). The van der Waals surface area contributed by atoms with Crippen LogP contribution in [-0.4, -0.2) is 47.3 Å². The summed E-state index contributed by atoms with van der Waals surface area (Å²) in [6, 6.07) is 3.89. The number of nitrogens with one attached hydrogen (secondary N) is 1. The molecule has 10 heteroatoms. The number of nitrogens with zero attached hydrogens (tertiary/aromatic N) is 7. The van der Waals surface area contributed by atoms with E-state index in [0.29, 0.717) is 30.3 Å². The Morgan fingerprint density at radius 2 is 1.87 bits per heavy atom. The third kappa shape index (κ3) is 3.55. The first-order chi connectivity index (χ1) is 15.1. The molecule has 0 aromatic carbocycles. The fourth-order valence-electron chi connectivity index (χ4n) is 3.87. The molecule has 0 aliphatic carbocycles. The second-order valence-electron chi connectivity index (χ2n) is 7.54. The van der Waals surface area contributed by atoms with Crippen molar-refractivity contribution in [1.82, 2.24) is 34.1 Å². The van der Waals surface area contributed by atoms with Gasteiger partial charge in [-0.2, -0.15) is 4.98 Å². The molecule has 31 heavy (non-hydrogen) atoms. The summed E-state index contributed by atoms with van der Waals surface area (Å²) in [4.78, 5) is 34.7. The highest BCUT2D eigenvalue weighted by Gasteiger charge is 2.23. The van der Waals surface area contributed by atoms with Gasteiger partial charge in [0, 0.05) is 44.3 Å². The van der Waals surface area contributed by atoms with Crippen LogP contribution in [0.1, 0.15) is 24.6 Å². The van der Waals surface area contributed by atoms with Crippen molar-refractivity contribution in [3.63, 3.8) is 0 Å². The molecule has 0 amide bonds. The summed E-state index contributed by atoms with van der Waals surface area (Å²) in [7, 11) is 1.75. The number of imidazole rings is 1. The zero-order chi connectivity index (χ0) is 21.4. The zero-order valence-electron chi connectivity index (χ0n) is 17.3. The van der Waals surface area contributed by atoms with E-state index in [1.165, 1.54) is 6.33 Å². The van der Waals surface area contributed by atoms with Crippen molar-refractivity contribution in [2.24, 2.45) is 7.05 Å². The van der Waals surface area contributed by atoms with Gasteiger partial charge >= 0.3 is 5.69 Å². The van der Waals surface area contributed by atoms with Crippen LogP contribution in [0.4, 0.5) is 11.6 Å². The minimum Gasteiger partial charge on any atom is -0.381 e. The number of anilines is 2. The van der Waals surface area contributed by atoms with Gasteiger partial charge in [-0.25, -0.2) is 19.7 Å². The van der Waals surface area contributed by atoms with E-state index in [-0.39, 0.29) is 11.7 Å². The predicted octanol–water partition coefficient (Wildman–Crippen LogP) is 2.39. The molecule has 1 aliphatic heterocycles. The molecule has 1 aliphatic rings. The largest absolute Gasteiger partial charge is 0.381 e. The first-order valence-corrected chi connectivity index (χ1v) is 10.1. The van der Waals surface area contributed by atoms with Crippen LogP contribution >= 0.6 is 0 Å². The Kier molecular flexibility index (Phi) is 4.91. The van der Waals surface area contributed by atoms with E-state index in [4.69, 9.17) is 4.74 Å². The molecule has 1 fully saturated rings. The molecule has 1 saturated heterocycles. The summed E-state index contributed by atoms with van der Waals surface area (Å²) in [5, 5.41) is 3.24. The zero-order valence-corrected chi connectivity index (χ0v) is 17.3. The van der Waals surface area contributed by atoms with Gasteiger partial charge in [0.25, 0.3) is 0 Å². The van der Waals surface area contributed by atoms with Crippen LogP contribution in [0.25, 0.3) is 22.4 Å². The summed E-state index contributed by atoms with van der Waals surface area (Å²) in [6.45, 7) is 3.20. The second kappa shape index (κ2) is 7.88. The predicted molar refractivity (Wildman–Crippen MR) is 115 cm³/mol. The van der Waals surface area contributed by atoms with Crippen molar-refractivity contribution in [3.05, 3.63) is 53.2 Å². The number of hydrogen-bond acceptors (Lipinski definition) is 8. The molecule has 4 aromatic heterocycles. The monoisotopic (exact) mass is 418 g/mol. The number of fused-ring (bicyclic) bond motifs is 1. The van der Waals surface area contributed by atoms with E-state index in [1.807, 2.05) is 19.1 Å². The lowest BCUT2D eigenvalue weighted by Gasteiger charge is -2.22. The van der Waals surface area contributed by atoms with Crippen LogP contribution in [0.5, 0.6) is 0 Å². The average molecular weight is 418 g/mol. The van der Waals surface area contributed by atoms with Gasteiger partial charge in [0.05, 0.1) is 23.3 Å². The van der Waals surface area contributed by atoms with Crippen LogP contribution in [0.3, 0.4) is 0 Å². The van der Waals surface area contributed by atoms with Crippen molar-refractivity contribution in [1.29, 1.82) is 0 Å². The van der Waals surface area contributed by atoms with E-state index in [2.05, 4.69) is 30.2 Å². The highest BCUT2D eigenvalue weighted by molar-refractivity contribution is 5.73. The van der Waals surface area contributed by atoms with Crippen LogP contribution in [0.15, 0.2) is 41.8 Å². The van der Waals surface area contributed by atoms with E-state index in [1.54, 1.807) is 34.8 Å². The molecular formula is C21H22N8O2. The van der Waals surface area contributed by atoms with Gasteiger partial charge in [-0.3, -0.25) is 14.1 Å². The van der Waals surface area contributed by atoms with Crippen molar-refractivity contribution in [2.75, 3.05) is 18.5 Å². The summed E-state index contributed by atoms with van der Waals surface area (Å²) < 4.78 is 8.82. The Bertz CT molecular complexity index is 1290. The summed E-state index contributed by atoms with van der Waals surface area (Å²) in [6.07, 6.45) is 8.20. The normalized spacial score (nSPS) is 14.8. The quantitative estimate of drug-likeness (QED) is 0.538. The lowest BCUT2D eigenvalue weighted by Crippen LogP contribution is -2.30. The summed E-state index contributed by atoms with van der Waals surface area (Å²) >= 11 is 0. The van der Waals surface area contributed by atoms with Gasteiger partial charge in [0.1, 0.15) is 11.8 Å². The Morgan fingerprint density at radius 3 is 2.61 bits per heavy atom. The van der Waals surface area contributed by atoms with Crippen LogP contribution in [0.2, 0.25) is 0 Å². The van der Waals surface area contributed by atoms with E-state index in [0.717, 1.165) is 35.5 Å². The lowest BCUT2D eigenvalue weighted by molar-refractivity contribution is 0.0695. The Hall–Kier alpha value is -3.66. The minimum absolute atomic E-state index is 0.0727. The van der Waals surface area contributed by atoms with Crippen molar-refractivity contribution >= 4 is 22.8 Å². The van der Waals surface area contributed by atoms with Crippen LogP contribution < -0.4 is 11.0 Å². The van der Waals surface area contributed by atoms with Gasteiger partial charge in [-0.1, -0.05) is 0 Å². The van der Waals surface area contributed by atoms with E-state index < -0.39 is 0 Å². The molecule has 0 bridgehead atoms. The molecular weight excluding hydrogens is 396 g/mol. The molecule has 5 rings (SSSR count). The van der Waals surface area contributed by atoms with Gasteiger partial charge in [-0.15, -0.1) is 0 Å². The first-order valence-electron chi connectivity index (χ1n) is 10.1. The Labute approximate surface area is 178 Å².